The second-order valence-corrected chi connectivity index (χ2v) is 29.0. The number of urea groups is 1. The molecule has 4 aromatic rings. The molecule has 5 aliphatic rings. The molecule has 3 amide bonds. The molecule has 0 bridgehead atoms. The van der Waals surface area contributed by atoms with Crippen molar-refractivity contribution < 1.29 is 138 Å². The van der Waals surface area contributed by atoms with E-state index in [0.29, 0.717) is 12.0 Å². The Labute approximate surface area is 588 Å². The Morgan fingerprint density at radius 1 is 0.829 bits per heavy atom. The molecule has 0 saturated carbocycles. The van der Waals surface area contributed by atoms with Crippen LogP contribution in [-0.4, -0.2) is 239 Å². The number of nitrogens with one attached hydrogen (secondary N) is 5. The van der Waals surface area contributed by atoms with Gasteiger partial charge in [0.25, 0.3) is 11.1 Å². The molecule has 0 aromatic carbocycles. The Kier molecular flexibility index (Phi) is 26.1. The highest BCUT2D eigenvalue weighted by molar-refractivity contribution is 7.48. The lowest BCUT2D eigenvalue weighted by Gasteiger charge is -2.26. The maximum absolute atomic E-state index is 14.2. The third-order valence-electron chi connectivity index (χ3n) is 15.8. The normalized spacial score (nSPS) is 29.4. The average Bonchev–Trinajstić information content (AvgIpc) is 1.61. The first-order valence-electron chi connectivity index (χ1n) is 30.6. The summed E-state index contributed by atoms with van der Waals surface area (Å²) in [5.74, 6) is -2.42. The van der Waals surface area contributed by atoms with E-state index in [1.54, 1.807) is 6.92 Å². The molecule has 20 N–H and O–H groups in total. The van der Waals surface area contributed by atoms with Gasteiger partial charge < -0.3 is 96.3 Å². The van der Waals surface area contributed by atoms with Gasteiger partial charge in [-0.15, -0.1) is 0 Å². The van der Waals surface area contributed by atoms with Gasteiger partial charge in [0.1, 0.15) is 98.0 Å². The van der Waals surface area contributed by atoms with E-state index in [2.05, 4.69) is 41.8 Å². The largest absolute Gasteiger partial charge is 0.527 e. The quantitative estimate of drug-likeness (QED) is 0.00713. The zero-order chi connectivity index (χ0) is 76.8. The molecule has 4 fully saturated rings. The number of nitrogens with two attached hydrogens (primary N) is 3. The van der Waals surface area contributed by atoms with Crippen LogP contribution in [0.4, 0.5) is 22.2 Å². The molecule has 11 unspecified atom stereocenters. The van der Waals surface area contributed by atoms with E-state index in [1.807, 2.05) is 10.3 Å². The minimum absolute atomic E-state index is 0.0212. The number of imidazole rings is 1. The summed E-state index contributed by atoms with van der Waals surface area (Å²) >= 11 is 0. The van der Waals surface area contributed by atoms with E-state index in [-0.39, 0.29) is 53.1 Å². The van der Waals surface area contributed by atoms with E-state index in [4.69, 9.17) is 82.5 Å². The first kappa shape index (κ1) is 81.0. The summed E-state index contributed by atoms with van der Waals surface area (Å²) in [6.45, 7) is 2.43. The minimum Gasteiger partial charge on any atom is -0.468 e. The number of phosphoric acid groups is 4. The van der Waals surface area contributed by atoms with Gasteiger partial charge in [-0.1, -0.05) is 6.58 Å². The third-order valence-corrected chi connectivity index (χ3v) is 19.7. The minimum atomic E-state index is -5.83. The van der Waals surface area contributed by atoms with Crippen molar-refractivity contribution in [3.05, 3.63) is 109 Å². The molecule has 105 heavy (non-hydrogen) atoms. The summed E-state index contributed by atoms with van der Waals surface area (Å²) in [7, 11) is -22.6. The number of amidine groups is 1. The zero-order valence-electron chi connectivity index (χ0n) is 54.8. The number of nitrogen functional groups attached to an aromatic ring is 2. The standard InChI is InChI=1S/C53H72N16O32P4/c1-22(10-59-37-25(4)60-19-61-45(37)55)7-28-39(74)42(29(14-71)93-28)99-104(85,86)91-17-32-43(40(75)49(96-32)58-6-5-34(54)63-21-72)100-105(87,88)92-18-33-44(41(76)50(97-33)69-20-62-38-46(69)64-51(56)65-48(38)78)101-103(83,84)90-16-31-27(9-36(95-31)68-12-24(3)47(77)66-53(68)80)98-102(81,82)89-15-30-26(73)8-35(94-30)67(52(57)79)11-23(2)13-70/h5-6,10-13,19-21,26,28-30,32-33,35-36,39-44,49-50,58,71,73-76H,1,7-9,14-18H2,2-4H3,(H2,57,79)(H,81,82)(H,83,84)(H,85,86)(H,87,88)(H2,54,63,72)(H2,55,60,61)(H,66,77,80)(H3,56,64,65,78)/b6-5-,23-11-,59-10?/t26?,28-,29+,30+,32+,33+,35+,36+,39?,40?,41?,42?,43?,44?,49+,50+/m0/s1. The van der Waals surface area contributed by atoms with E-state index in [1.165, 1.54) is 26.4 Å². The molecule has 4 aromatic heterocycles. The van der Waals surface area contributed by atoms with Crippen molar-refractivity contribution in [2.45, 2.75) is 138 Å². The highest BCUT2D eigenvalue weighted by Gasteiger charge is 2.54. The summed E-state index contributed by atoms with van der Waals surface area (Å²) in [5, 5.41) is 68.0. The maximum Gasteiger partial charge on any atom is 0.527 e. The zero-order valence-corrected chi connectivity index (χ0v) is 58.4. The number of anilines is 2. The number of aromatic amines is 2. The molecule has 0 aliphatic carbocycles. The molecule has 20 atom stereocenters. The van der Waals surface area contributed by atoms with Crippen molar-refractivity contribution in [3.8, 4) is 0 Å². The number of hydrogen-bond acceptors (Lipinski definition) is 37. The second-order valence-electron chi connectivity index (χ2n) is 23.4. The number of aryl methyl sites for hydroxylation is 2. The van der Waals surface area contributed by atoms with Gasteiger partial charge in [0.2, 0.25) is 12.4 Å². The van der Waals surface area contributed by atoms with Crippen LogP contribution in [0.5, 0.6) is 0 Å². The number of aromatic nitrogens is 8. The number of carbonyl (C=O) groups excluding carboxylic acids is 3. The van der Waals surface area contributed by atoms with Crippen LogP contribution in [0.2, 0.25) is 0 Å². The number of aliphatic hydroxyl groups is 5. The SMILES string of the molecule is C=C(C=Nc1c(C)ncnc1N)C[C@@H]1O[C@H](CO)C(OP(=O)(O)OC[C@H]2O[C@@H](N/C=C\C(=N)NC=O)C(O)C2OP(=O)(O)OC[C@H]2O[C@@H](n3cnc4c(=O)[nH]c(N)nc43)C(O)C2OP(=O)(O)OCC2=C(OP(=O)(O)OC[C@H]3O[C@@H](N(/C=C(/C)C=O)C(N)=O)CC3O)C[C@H](n3cc(C)c(=O)[nH]c3=O)O2)C1O. The van der Waals surface area contributed by atoms with Crippen molar-refractivity contribution >= 4 is 90.7 Å². The molecule has 4 saturated heterocycles. The lowest BCUT2D eigenvalue weighted by Crippen LogP contribution is -2.40. The molecule has 0 spiro atoms. The first-order valence-corrected chi connectivity index (χ1v) is 36.6. The van der Waals surface area contributed by atoms with Gasteiger partial charge in [-0.05, 0) is 32.4 Å². The Morgan fingerprint density at radius 2 is 1.47 bits per heavy atom. The van der Waals surface area contributed by atoms with Gasteiger partial charge in [0, 0.05) is 48.8 Å². The summed E-state index contributed by atoms with van der Waals surface area (Å²) in [4.78, 5) is 143. The number of aliphatic hydroxyl groups excluding tert-OH is 5. The Morgan fingerprint density at radius 3 is 2.11 bits per heavy atom. The van der Waals surface area contributed by atoms with E-state index >= 15 is 0 Å². The van der Waals surface area contributed by atoms with Crippen LogP contribution in [0.1, 0.15) is 49.9 Å². The average molecular weight is 1570 g/mol. The van der Waals surface area contributed by atoms with Gasteiger partial charge in [-0.3, -0.25) is 90.1 Å². The third kappa shape index (κ3) is 20.2. The summed E-state index contributed by atoms with van der Waals surface area (Å²) in [6.07, 6.45) is -22.0. The molecule has 9 rings (SSSR count). The number of allylic oxidation sites excluding steroid dienone is 1. The van der Waals surface area contributed by atoms with Crippen molar-refractivity contribution in [1.29, 1.82) is 5.41 Å². The lowest BCUT2D eigenvalue weighted by molar-refractivity contribution is -0.108. The molecule has 52 heteroatoms. The number of aliphatic imine (C=N–C) groups is 1. The maximum atomic E-state index is 14.2. The van der Waals surface area contributed by atoms with Crippen LogP contribution < -0.4 is 44.6 Å². The fourth-order valence-electron chi connectivity index (χ4n) is 10.8. The van der Waals surface area contributed by atoms with Gasteiger partial charge in [0.15, 0.2) is 47.2 Å². The molecular weight excluding hydrogens is 1500 g/mol. The number of rotatable bonds is 34. The summed E-state index contributed by atoms with van der Waals surface area (Å²) in [5.41, 5.74) is 14.4. The number of H-pyrrole nitrogens is 2. The summed E-state index contributed by atoms with van der Waals surface area (Å²) in [6, 6.07) is -1.11. The number of ether oxygens (including phenoxy) is 5. The molecule has 5 aliphatic heterocycles. The van der Waals surface area contributed by atoms with Crippen molar-refractivity contribution in [1.82, 2.24) is 54.6 Å². The van der Waals surface area contributed by atoms with Gasteiger partial charge in [0.05, 0.1) is 57.1 Å². The van der Waals surface area contributed by atoms with Crippen LogP contribution in [0, 0.1) is 19.3 Å². The monoisotopic (exact) mass is 1570 g/mol. The van der Waals surface area contributed by atoms with Crippen molar-refractivity contribution in [2.75, 3.05) is 44.5 Å². The number of phosphoric ester groups is 4. The van der Waals surface area contributed by atoms with Crippen LogP contribution in [0.15, 0.2) is 85.9 Å². The lowest BCUT2D eigenvalue weighted by atomic mass is 10.0. The van der Waals surface area contributed by atoms with E-state index in [0.717, 1.165) is 45.0 Å². The predicted molar refractivity (Wildman–Crippen MR) is 348 cm³/mol. The Bertz CT molecular complexity index is 4420. The van der Waals surface area contributed by atoms with Gasteiger partial charge >= 0.3 is 43.0 Å². The number of nitrogens with zero attached hydrogens (tertiary/aromatic N) is 8. The molecule has 0 radical (unpaired) electrons. The van der Waals surface area contributed by atoms with Gasteiger partial charge in [-0.25, -0.2) is 42.8 Å². The van der Waals surface area contributed by atoms with Crippen LogP contribution in [-0.2, 0) is 87.7 Å². The Balaban J connectivity index is 0.920. The van der Waals surface area contributed by atoms with Crippen LogP contribution >= 0.6 is 31.3 Å². The molecule has 48 nitrogen and oxygen atoms in total. The molecule has 9 heterocycles. The van der Waals surface area contributed by atoms with E-state index < -0.39 is 221 Å². The molecule has 576 valence electrons. The van der Waals surface area contributed by atoms with Crippen LogP contribution in [0.25, 0.3) is 11.2 Å². The van der Waals surface area contributed by atoms with Gasteiger partial charge in [-0.2, -0.15) is 4.98 Å². The molecular formula is C53H72N16O32P4. The smallest absolute Gasteiger partial charge is 0.468 e. The fourth-order valence-corrected chi connectivity index (χ4v) is 14.5. The number of hydrogen-bond donors (Lipinski definition) is 17. The fraction of sp³-hybridized carbons (Fsp3) is 0.509. The Hall–Kier alpha value is -8.06. The second kappa shape index (κ2) is 33.8. The highest BCUT2D eigenvalue weighted by atomic mass is 31.2. The van der Waals surface area contributed by atoms with E-state index in [9.17, 15) is 92.1 Å². The predicted octanol–water partition coefficient (Wildman–Crippen LogP) is -3.39. The number of primary amides is 1. The number of aldehydes is 1. The van der Waals surface area contributed by atoms with Crippen molar-refractivity contribution in [3.63, 3.8) is 0 Å². The first-order chi connectivity index (χ1) is 49.4. The summed E-state index contributed by atoms with van der Waals surface area (Å²) < 4.78 is 128. The number of carbonyl (C=O) groups is 3. The number of amides is 3. The number of fused-ring (bicyclic) bond motifs is 1. The van der Waals surface area contributed by atoms with Crippen LogP contribution in [0.3, 0.4) is 0 Å². The highest BCUT2D eigenvalue weighted by Crippen LogP contribution is 2.55. The topological polar surface area (TPSA) is 707 Å². The van der Waals surface area contributed by atoms with Crippen molar-refractivity contribution in [2.24, 2.45) is 10.7 Å².